The van der Waals surface area contributed by atoms with E-state index >= 15 is 0 Å². The van der Waals surface area contributed by atoms with Crippen LogP contribution in [0.1, 0.15) is 60.3 Å². The maximum Gasteiger partial charge on any atom is 0.203 e. The minimum atomic E-state index is 0.336. The Morgan fingerprint density at radius 1 is 0.732 bits per heavy atom. The molecule has 3 aromatic carbocycles. The van der Waals surface area contributed by atoms with Crippen LogP contribution >= 0.6 is 0 Å². The molecule has 3 heterocycles. The number of pyridine rings is 1. The van der Waals surface area contributed by atoms with Gasteiger partial charge in [-0.2, -0.15) is 0 Å². The SMILES string of the molecule is COc1cc(OC)cc(N(CC2=CC=C(c3cc(OC)c(OC)c(OC)c3)NC2)C2CCN(Cc3ccnc(-c4cc(OC)c(C)c(C5CCC5)c4)c3)CC2)c1. The molecule has 56 heavy (non-hydrogen) atoms. The molecule has 1 aromatic heterocycles. The molecule has 0 spiro atoms. The van der Waals surface area contributed by atoms with Gasteiger partial charge in [0.25, 0.3) is 0 Å². The Morgan fingerprint density at radius 2 is 1.41 bits per heavy atom. The molecule has 4 aromatic rings. The normalized spacial score (nSPS) is 16.2. The second kappa shape index (κ2) is 17.6. The van der Waals surface area contributed by atoms with E-state index in [9.17, 15) is 0 Å². The van der Waals surface area contributed by atoms with Gasteiger partial charge in [0.2, 0.25) is 5.75 Å². The summed E-state index contributed by atoms with van der Waals surface area (Å²) in [5.41, 5.74) is 10.4. The number of nitrogens with zero attached hydrogens (tertiary/aromatic N) is 3. The average molecular weight is 761 g/mol. The number of dihydropyridines is 1. The molecular weight excluding hydrogens is 705 g/mol. The molecule has 1 saturated heterocycles. The number of allylic oxidation sites excluding steroid dienone is 2. The Balaban J connectivity index is 1.08. The molecule has 0 atom stereocenters. The molecule has 0 radical (unpaired) electrons. The molecular formula is C46H56N4O6. The van der Waals surface area contributed by atoms with Crippen LogP contribution in [0.2, 0.25) is 0 Å². The zero-order valence-electron chi connectivity index (χ0n) is 33.9. The van der Waals surface area contributed by atoms with E-state index in [0.717, 1.165) is 84.5 Å². The van der Waals surface area contributed by atoms with Crippen LogP contribution in [0.15, 0.2) is 78.5 Å². The number of nitrogens with one attached hydrogen (secondary N) is 1. The fourth-order valence-corrected chi connectivity index (χ4v) is 8.27. The lowest BCUT2D eigenvalue weighted by atomic mass is 9.77. The van der Waals surface area contributed by atoms with Gasteiger partial charge in [0, 0.05) is 85.7 Å². The number of anilines is 1. The summed E-state index contributed by atoms with van der Waals surface area (Å²) in [6.45, 7) is 6.53. The molecule has 0 bridgehead atoms. The highest BCUT2D eigenvalue weighted by Crippen LogP contribution is 2.43. The smallest absolute Gasteiger partial charge is 0.203 e. The van der Waals surface area contributed by atoms with Crippen molar-refractivity contribution in [3.8, 4) is 45.8 Å². The van der Waals surface area contributed by atoms with Crippen LogP contribution < -0.4 is 38.6 Å². The third kappa shape index (κ3) is 8.40. The number of piperidine rings is 1. The quantitative estimate of drug-likeness (QED) is 0.128. The highest BCUT2D eigenvalue weighted by Gasteiger charge is 2.28. The monoisotopic (exact) mass is 760 g/mol. The number of likely N-dealkylation sites (tertiary alicyclic amines) is 1. The summed E-state index contributed by atoms with van der Waals surface area (Å²) in [5, 5.41) is 3.65. The van der Waals surface area contributed by atoms with Crippen molar-refractivity contribution >= 4 is 11.4 Å². The van der Waals surface area contributed by atoms with Gasteiger partial charge in [0.15, 0.2) is 11.5 Å². The highest BCUT2D eigenvalue weighted by atomic mass is 16.5. The number of hydrogen-bond acceptors (Lipinski definition) is 10. The standard InChI is InChI=1S/C46H56N4O6/c1-30-40(33-9-8-10-33)20-34(21-43(30)53-4)42-19-31(13-16-47-42)28-49-17-14-36(15-18-49)50(37-24-38(51-2)26-39(25-37)52-3)29-32-11-12-41(48-27-32)35-22-44(54-5)46(56-7)45(23-35)55-6/h11-13,16,19-26,33,36,48H,8-10,14-15,17-18,27-29H2,1-7H3. The topological polar surface area (TPSA) is 86.8 Å². The minimum Gasteiger partial charge on any atom is -0.497 e. The number of benzene rings is 3. The molecule has 0 amide bonds. The number of rotatable bonds is 15. The van der Waals surface area contributed by atoms with E-state index in [0.29, 0.717) is 35.8 Å². The van der Waals surface area contributed by atoms with Gasteiger partial charge < -0.3 is 38.6 Å². The van der Waals surface area contributed by atoms with Crippen molar-refractivity contribution in [2.75, 3.05) is 73.7 Å². The Bertz CT molecular complexity index is 2020. The zero-order chi connectivity index (χ0) is 39.2. The van der Waals surface area contributed by atoms with Crippen LogP contribution in [-0.4, -0.2) is 84.8 Å². The molecule has 1 aliphatic carbocycles. The van der Waals surface area contributed by atoms with E-state index in [2.05, 4.69) is 70.6 Å². The van der Waals surface area contributed by atoms with E-state index in [1.54, 1.807) is 42.7 Å². The van der Waals surface area contributed by atoms with Crippen LogP contribution in [0.3, 0.4) is 0 Å². The summed E-state index contributed by atoms with van der Waals surface area (Å²) in [5.74, 6) is 4.96. The van der Waals surface area contributed by atoms with E-state index in [-0.39, 0.29) is 0 Å². The van der Waals surface area contributed by atoms with E-state index in [4.69, 9.17) is 33.4 Å². The Kier molecular flexibility index (Phi) is 12.2. The fraction of sp³-hybridized carbons (Fsp3) is 0.413. The maximum atomic E-state index is 5.82. The summed E-state index contributed by atoms with van der Waals surface area (Å²) in [4.78, 5) is 9.92. The Hall–Kier alpha value is -5.35. The lowest BCUT2D eigenvalue weighted by Gasteiger charge is -2.41. The summed E-state index contributed by atoms with van der Waals surface area (Å²) in [6, 6.07) is 19.4. The zero-order valence-corrected chi connectivity index (χ0v) is 33.9. The summed E-state index contributed by atoms with van der Waals surface area (Å²) < 4.78 is 34.0. The number of hydrogen-bond donors (Lipinski definition) is 1. The van der Waals surface area contributed by atoms with Gasteiger partial charge in [-0.3, -0.25) is 9.88 Å². The molecule has 10 heteroatoms. The van der Waals surface area contributed by atoms with E-state index in [1.807, 2.05) is 24.4 Å². The van der Waals surface area contributed by atoms with Gasteiger partial charge in [0.1, 0.15) is 17.2 Å². The Morgan fingerprint density at radius 3 is 1.98 bits per heavy atom. The van der Waals surface area contributed by atoms with Gasteiger partial charge in [0.05, 0.1) is 48.4 Å². The summed E-state index contributed by atoms with van der Waals surface area (Å²) in [7, 11) is 10.1. The largest absolute Gasteiger partial charge is 0.497 e. The lowest BCUT2D eigenvalue weighted by Crippen LogP contribution is -2.46. The van der Waals surface area contributed by atoms with Gasteiger partial charge in [-0.05, 0) is 103 Å². The second-order valence-corrected chi connectivity index (χ2v) is 14.9. The van der Waals surface area contributed by atoms with Gasteiger partial charge >= 0.3 is 0 Å². The molecule has 1 saturated carbocycles. The van der Waals surface area contributed by atoms with Gasteiger partial charge in [-0.25, -0.2) is 0 Å². The van der Waals surface area contributed by atoms with Crippen molar-refractivity contribution in [1.29, 1.82) is 0 Å². The molecule has 2 aliphatic heterocycles. The predicted octanol–water partition coefficient (Wildman–Crippen LogP) is 8.42. The highest BCUT2D eigenvalue weighted by molar-refractivity contribution is 5.72. The third-order valence-electron chi connectivity index (χ3n) is 11.7. The lowest BCUT2D eigenvalue weighted by molar-refractivity contribution is 0.202. The second-order valence-electron chi connectivity index (χ2n) is 14.9. The van der Waals surface area contributed by atoms with Crippen molar-refractivity contribution in [1.82, 2.24) is 15.2 Å². The first-order valence-corrected chi connectivity index (χ1v) is 19.6. The first kappa shape index (κ1) is 38.9. The average Bonchev–Trinajstić information content (AvgIpc) is 3.22. The predicted molar refractivity (Wildman–Crippen MR) is 223 cm³/mol. The van der Waals surface area contributed by atoms with Crippen molar-refractivity contribution in [3.63, 3.8) is 0 Å². The summed E-state index contributed by atoms with van der Waals surface area (Å²) in [6.07, 6.45) is 12.2. The number of aromatic nitrogens is 1. The third-order valence-corrected chi connectivity index (χ3v) is 11.7. The molecule has 3 aliphatic rings. The molecule has 10 nitrogen and oxygen atoms in total. The molecule has 0 unspecified atom stereocenters. The van der Waals surface area contributed by atoms with Gasteiger partial charge in [-0.1, -0.05) is 12.5 Å². The minimum absolute atomic E-state index is 0.336. The molecule has 296 valence electrons. The van der Waals surface area contributed by atoms with Crippen LogP contribution in [0, 0.1) is 6.92 Å². The first-order chi connectivity index (χ1) is 27.3. The van der Waals surface area contributed by atoms with E-state index < -0.39 is 0 Å². The van der Waals surface area contributed by atoms with Crippen LogP contribution in [0.25, 0.3) is 17.0 Å². The number of ether oxygens (including phenoxy) is 6. The van der Waals surface area contributed by atoms with Crippen molar-refractivity contribution in [3.05, 3.63) is 101 Å². The van der Waals surface area contributed by atoms with Crippen LogP contribution in [0.4, 0.5) is 5.69 Å². The van der Waals surface area contributed by atoms with E-state index in [1.165, 1.54) is 41.5 Å². The van der Waals surface area contributed by atoms with Crippen LogP contribution in [0.5, 0.6) is 34.5 Å². The fourth-order valence-electron chi connectivity index (χ4n) is 8.27. The van der Waals surface area contributed by atoms with Crippen LogP contribution in [-0.2, 0) is 6.54 Å². The summed E-state index contributed by atoms with van der Waals surface area (Å²) >= 11 is 0. The molecule has 2 fully saturated rings. The maximum absolute atomic E-state index is 5.82. The molecule has 7 rings (SSSR count). The number of methoxy groups -OCH3 is 6. The van der Waals surface area contributed by atoms with Crippen molar-refractivity contribution < 1.29 is 28.4 Å². The molecule has 1 N–H and O–H groups in total. The van der Waals surface area contributed by atoms with Gasteiger partial charge in [-0.15, -0.1) is 0 Å². The van der Waals surface area contributed by atoms with Crippen molar-refractivity contribution in [2.24, 2.45) is 0 Å². The Labute approximate surface area is 332 Å². The first-order valence-electron chi connectivity index (χ1n) is 19.6. The van der Waals surface area contributed by atoms with Crippen molar-refractivity contribution in [2.45, 2.75) is 57.5 Å².